The van der Waals surface area contributed by atoms with Gasteiger partial charge in [-0.15, -0.1) is 15.3 Å². The molecule has 1 N–H and O–H groups in total. The minimum absolute atomic E-state index is 0.152. The molecule has 1 aromatic carbocycles. The molecule has 0 aliphatic carbocycles. The Labute approximate surface area is 167 Å². The maximum Gasteiger partial charge on any atom is 0.243 e. The SMILES string of the molecule is CCn1c(SCC(=O)Nc2ccccc2OC)nnc1-c1cn(C)nc1OC. The van der Waals surface area contributed by atoms with E-state index in [0.29, 0.717) is 34.8 Å². The van der Waals surface area contributed by atoms with Crippen LogP contribution in [0.3, 0.4) is 0 Å². The fourth-order valence-electron chi connectivity index (χ4n) is 2.72. The third-order valence-electron chi connectivity index (χ3n) is 3.98. The molecule has 0 fully saturated rings. The summed E-state index contributed by atoms with van der Waals surface area (Å²) in [5.74, 6) is 1.79. The van der Waals surface area contributed by atoms with Gasteiger partial charge in [0.05, 0.1) is 25.7 Å². The molecule has 148 valence electrons. The fourth-order valence-corrected chi connectivity index (χ4v) is 3.52. The Morgan fingerprint density at radius 3 is 2.71 bits per heavy atom. The smallest absolute Gasteiger partial charge is 0.243 e. The van der Waals surface area contributed by atoms with Crippen LogP contribution in [0.15, 0.2) is 35.6 Å². The summed E-state index contributed by atoms with van der Waals surface area (Å²) >= 11 is 1.32. The number of aryl methyl sites for hydroxylation is 1. The van der Waals surface area contributed by atoms with Crippen LogP contribution in [0.25, 0.3) is 11.4 Å². The molecule has 0 atom stereocenters. The zero-order valence-electron chi connectivity index (χ0n) is 16.2. The monoisotopic (exact) mass is 402 g/mol. The van der Waals surface area contributed by atoms with Crippen molar-refractivity contribution in [3.63, 3.8) is 0 Å². The van der Waals surface area contributed by atoms with Crippen molar-refractivity contribution in [2.45, 2.75) is 18.6 Å². The number of carbonyl (C=O) groups is 1. The number of thioether (sulfide) groups is 1. The van der Waals surface area contributed by atoms with Crippen LogP contribution in [0, 0.1) is 0 Å². The van der Waals surface area contributed by atoms with Crippen LogP contribution in [-0.2, 0) is 18.4 Å². The normalized spacial score (nSPS) is 10.7. The predicted octanol–water partition coefficient (Wildman–Crippen LogP) is 2.45. The number of hydrogen-bond donors (Lipinski definition) is 1. The number of methoxy groups -OCH3 is 2. The van der Waals surface area contributed by atoms with Crippen molar-refractivity contribution < 1.29 is 14.3 Å². The van der Waals surface area contributed by atoms with Gasteiger partial charge in [0.1, 0.15) is 11.3 Å². The lowest BCUT2D eigenvalue weighted by molar-refractivity contribution is -0.113. The van der Waals surface area contributed by atoms with Gasteiger partial charge < -0.3 is 19.4 Å². The average Bonchev–Trinajstić information content (AvgIpc) is 3.28. The van der Waals surface area contributed by atoms with Gasteiger partial charge >= 0.3 is 0 Å². The quantitative estimate of drug-likeness (QED) is 0.578. The second-order valence-corrected chi connectivity index (χ2v) is 6.76. The highest BCUT2D eigenvalue weighted by molar-refractivity contribution is 7.99. The first-order chi connectivity index (χ1) is 13.6. The zero-order valence-corrected chi connectivity index (χ0v) is 17.0. The van der Waals surface area contributed by atoms with E-state index in [1.54, 1.807) is 31.0 Å². The second-order valence-electron chi connectivity index (χ2n) is 5.81. The first-order valence-electron chi connectivity index (χ1n) is 8.64. The van der Waals surface area contributed by atoms with E-state index in [9.17, 15) is 4.79 Å². The topological polar surface area (TPSA) is 96.1 Å². The molecule has 3 rings (SSSR count). The van der Waals surface area contributed by atoms with E-state index in [-0.39, 0.29) is 11.7 Å². The summed E-state index contributed by atoms with van der Waals surface area (Å²) < 4.78 is 14.2. The molecule has 28 heavy (non-hydrogen) atoms. The molecule has 3 aromatic rings. The van der Waals surface area contributed by atoms with Gasteiger partial charge in [-0.25, -0.2) is 0 Å². The van der Waals surface area contributed by atoms with E-state index in [1.807, 2.05) is 36.9 Å². The van der Waals surface area contributed by atoms with Crippen molar-refractivity contribution in [2.75, 3.05) is 25.3 Å². The molecule has 10 heteroatoms. The Morgan fingerprint density at radius 1 is 1.21 bits per heavy atom. The van der Waals surface area contributed by atoms with Crippen LogP contribution in [0.2, 0.25) is 0 Å². The van der Waals surface area contributed by atoms with Crippen molar-refractivity contribution in [3.05, 3.63) is 30.5 Å². The predicted molar refractivity (Wildman–Crippen MR) is 107 cm³/mol. The minimum atomic E-state index is -0.152. The number of para-hydroxylation sites is 2. The van der Waals surface area contributed by atoms with Gasteiger partial charge in [0.15, 0.2) is 11.0 Å². The third-order valence-corrected chi connectivity index (χ3v) is 4.94. The molecule has 0 spiro atoms. The lowest BCUT2D eigenvalue weighted by Crippen LogP contribution is -2.15. The van der Waals surface area contributed by atoms with Crippen molar-refractivity contribution in [1.82, 2.24) is 24.5 Å². The van der Waals surface area contributed by atoms with E-state index in [0.717, 1.165) is 5.56 Å². The number of nitrogens with zero attached hydrogens (tertiary/aromatic N) is 5. The summed E-state index contributed by atoms with van der Waals surface area (Å²) in [7, 11) is 4.95. The number of anilines is 1. The van der Waals surface area contributed by atoms with Gasteiger partial charge in [0.25, 0.3) is 0 Å². The number of hydrogen-bond acceptors (Lipinski definition) is 7. The highest BCUT2D eigenvalue weighted by Gasteiger charge is 2.20. The van der Waals surface area contributed by atoms with Gasteiger partial charge in [-0.05, 0) is 19.1 Å². The van der Waals surface area contributed by atoms with E-state index in [2.05, 4.69) is 20.6 Å². The lowest BCUT2D eigenvalue weighted by Gasteiger charge is -2.10. The Hall–Kier alpha value is -3.01. The summed E-state index contributed by atoms with van der Waals surface area (Å²) in [4.78, 5) is 12.4. The van der Waals surface area contributed by atoms with Crippen molar-refractivity contribution in [1.29, 1.82) is 0 Å². The Bertz CT molecular complexity index is 968. The highest BCUT2D eigenvalue weighted by atomic mass is 32.2. The molecule has 0 aliphatic rings. The van der Waals surface area contributed by atoms with Gasteiger partial charge in [-0.2, -0.15) is 0 Å². The summed E-state index contributed by atoms with van der Waals surface area (Å²) in [6.07, 6.45) is 1.83. The molecular weight excluding hydrogens is 380 g/mol. The zero-order chi connectivity index (χ0) is 20.1. The van der Waals surface area contributed by atoms with Crippen LogP contribution in [0.5, 0.6) is 11.6 Å². The Kier molecular flexibility index (Phi) is 6.19. The Morgan fingerprint density at radius 2 is 2.00 bits per heavy atom. The van der Waals surface area contributed by atoms with Gasteiger partial charge in [-0.3, -0.25) is 9.48 Å². The molecule has 2 aromatic heterocycles. The van der Waals surface area contributed by atoms with Crippen LogP contribution in [0.4, 0.5) is 5.69 Å². The van der Waals surface area contributed by atoms with Gasteiger partial charge in [0, 0.05) is 19.8 Å². The van der Waals surface area contributed by atoms with Crippen molar-refractivity contribution in [3.8, 4) is 23.0 Å². The van der Waals surface area contributed by atoms with Crippen LogP contribution in [0.1, 0.15) is 6.92 Å². The summed E-state index contributed by atoms with van der Waals surface area (Å²) in [5, 5.41) is 16.3. The number of carbonyl (C=O) groups excluding carboxylic acids is 1. The minimum Gasteiger partial charge on any atom is -0.495 e. The van der Waals surface area contributed by atoms with E-state index in [1.165, 1.54) is 11.8 Å². The average molecular weight is 402 g/mol. The van der Waals surface area contributed by atoms with Crippen molar-refractivity contribution >= 4 is 23.4 Å². The number of rotatable bonds is 8. The molecule has 0 aliphatic heterocycles. The summed E-state index contributed by atoms with van der Waals surface area (Å²) in [6, 6.07) is 7.28. The standard InChI is InChI=1S/C18H22N6O3S/c1-5-24-16(12-10-23(2)22-17(12)27-4)20-21-18(24)28-11-15(25)19-13-8-6-7-9-14(13)26-3/h6-10H,5,11H2,1-4H3,(H,19,25). The summed E-state index contributed by atoms with van der Waals surface area (Å²) in [5.41, 5.74) is 1.39. The first kappa shape index (κ1) is 19.7. The second kappa shape index (κ2) is 8.79. The molecule has 0 saturated carbocycles. The Balaban J connectivity index is 1.73. The largest absolute Gasteiger partial charge is 0.495 e. The molecule has 9 nitrogen and oxygen atoms in total. The summed E-state index contributed by atoms with van der Waals surface area (Å²) in [6.45, 7) is 2.64. The van der Waals surface area contributed by atoms with Gasteiger partial charge in [-0.1, -0.05) is 23.9 Å². The lowest BCUT2D eigenvalue weighted by atomic mass is 10.3. The van der Waals surface area contributed by atoms with Crippen LogP contribution in [-0.4, -0.2) is 50.4 Å². The van der Waals surface area contributed by atoms with Crippen molar-refractivity contribution in [2.24, 2.45) is 7.05 Å². The molecule has 1 amide bonds. The highest BCUT2D eigenvalue weighted by Crippen LogP contribution is 2.30. The maximum absolute atomic E-state index is 12.4. The van der Waals surface area contributed by atoms with E-state index < -0.39 is 0 Å². The van der Waals surface area contributed by atoms with Gasteiger partial charge in [0.2, 0.25) is 11.8 Å². The molecule has 0 unspecified atom stereocenters. The van der Waals surface area contributed by atoms with E-state index in [4.69, 9.17) is 9.47 Å². The van der Waals surface area contributed by atoms with Crippen LogP contribution >= 0.6 is 11.8 Å². The van der Waals surface area contributed by atoms with Crippen LogP contribution < -0.4 is 14.8 Å². The molecule has 2 heterocycles. The molecule has 0 radical (unpaired) electrons. The number of nitrogens with one attached hydrogen (secondary N) is 1. The van der Waals surface area contributed by atoms with E-state index >= 15 is 0 Å². The number of benzene rings is 1. The molecular formula is C18H22N6O3S. The molecule has 0 saturated heterocycles. The third kappa shape index (κ3) is 4.11. The number of amides is 1. The first-order valence-corrected chi connectivity index (χ1v) is 9.62. The number of ether oxygens (including phenoxy) is 2. The molecule has 0 bridgehead atoms. The fraction of sp³-hybridized carbons (Fsp3) is 0.333. The maximum atomic E-state index is 12.4. The number of aromatic nitrogens is 5.